The van der Waals surface area contributed by atoms with Gasteiger partial charge in [0.05, 0.1) is 11.6 Å². The van der Waals surface area contributed by atoms with E-state index in [-0.39, 0.29) is 12.4 Å². The first-order valence-electron chi connectivity index (χ1n) is 7.96. The monoisotopic (exact) mass is 351 g/mol. The number of rotatable bonds is 5. The molecule has 3 aromatic rings. The molecular formula is C21H18ClNO2. The quantitative estimate of drug-likeness (QED) is 0.627. The molecule has 0 heterocycles. The van der Waals surface area contributed by atoms with Gasteiger partial charge in [-0.15, -0.1) is 0 Å². The van der Waals surface area contributed by atoms with E-state index in [2.05, 4.69) is 5.32 Å². The molecule has 0 atom stereocenters. The van der Waals surface area contributed by atoms with E-state index >= 15 is 0 Å². The lowest BCUT2D eigenvalue weighted by atomic mass is 9.99. The van der Waals surface area contributed by atoms with Crippen molar-refractivity contribution in [3.63, 3.8) is 0 Å². The Hall–Kier alpha value is -2.62. The highest BCUT2D eigenvalue weighted by Crippen LogP contribution is 2.27. The molecule has 0 unspecified atom stereocenters. The molecule has 0 aliphatic carbocycles. The molecule has 0 amide bonds. The van der Waals surface area contributed by atoms with Crippen LogP contribution >= 0.6 is 11.6 Å². The zero-order valence-electron chi connectivity index (χ0n) is 13.8. The number of hydrogen-bond donors (Lipinski definition) is 2. The van der Waals surface area contributed by atoms with E-state index in [0.29, 0.717) is 16.1 Å². The lowest BCUT2D eigenvalue weighted by Crippen LogP contribution is -2.05. The third kappa shape index (κ3) is 3.73. The van der Waals surface area contributed by atoms with Gasteiger partial charge in [0.15, 0.2) is 5.78 Å². The van der Waals surface area contributed by atoms with Gasteiger partial charge in [0.1, 0.15) is 0 Å². The Morgan fingerprint density at radius 1 is 1.00 bits per heavy atom. The minimum Gasteiger partial charge on any atom is -0.392 e. The normalized spacial score (nSPS) is 10.5. The number of aliphatic hydroxyl groups is 1. The first kappa shape index (κ1) is 17.2. The van der Waals surface area contributed by atoms with Crippen LogP contribution in [0.15, 0.2) is 66.7 Å². The predicted octanol–water partition coefficient (Wildman–Crippen LogP) is 5.12. The zero-order valence-corrected chi connectivity index (χ0v) is 14.5. The van der Waals surface area contributed by atoms with E-state index in [9.17, 15) is 9.90 Å². The average Bonchev–Trinajstić information content (AvgIpc) is 2.62. The second-order valence-electron chi connectivity index (χ2n) is 5.78. The molecule has 3 nitrogen and oxygen atoms in total. The fraction of sp³-hybridized carbons (Fsp3) is 0.0952. The highest BCUT2D eigenvalue weighted by atomic mass is 35.5. The summed E-state index contributed by atoms with van der Waals surface area (Å²) >= 11 is 6.36. The van der Waals surface area contributed by atoms with E-state index in [0.717, 1.165) is 22.5 Å². The molecule has 0 aromatic heterocycles. The third-order valence-electron chi connectivity index (χ3n) is 4.07. The summed E-state index contributed by atoms with van der Waals surface area (Å²) in [4.78, 5) is 12.7. The number of carbonyl (C=O) groups is 1. The summed E-state index contributed by atoms with van der Waals surface area (Å²) in [5.41, 5.74) is 4.39. The Labute approximate surface area is 151 Å². The fourth-order valence-corrected chi connectivity index (χ4v) is 2.95. The second kappa shape index (κ2) is 7.51. The number of benzene rings is 3. The largest absolute Gasteiger partial charge is 0.392 e. The van der Waals surface area contributed by atoms with E-state index < -0.39 is 0 Å². The summed E-state index contributed by atoms with van der Waals surface area (Å²) in [5.74, 6) is -0.0922. The summed E-state index contributed by atoms with van der Waals surface area (Å²) in [6.07, 6.45) is 0. The molecule has 2 N–H and O–H groups in total. The SMILES string of the molecule is Cc1ccccc1C(=O)c1ccc(Nc2ccccc2CO)cc1Cl. The highest BCUT2D eigenvalue weighted by Gasteiger charge is 2.15. The number of carbonyl (C=O) groups excluding carboxylic acids is 1. The second-order valence-corrected chi connectivity index (χ2v) is 6.19. The van der Waals surface area contributed by atoms with Crippen LogP contribution in [0, 0.1) is 6.92 Å². The maximum absolute atomic E-state index is 12.7. The van der Waals surface area contributed by atoms with Gasteiger partial charge in [0, 0.05) is 28.1 Å². The molecular weight excluding hydrogens is 334 g/mol. The molecule has 0 aliphatic rings. The molecule has 25 heavy (non-hydrogen) atoms. The van der Waals surface area contributed by atoms with Crippen molar-refractivity contribution in [2.75, 3.05) is 5.32 Å². The number of aliphatic hydroxyl groups excluding tert-OH is 1. The maximum Gasteiger partial charge on any atom is 0.194 e. The molecule has 0 saturated heterocycles. The summed E-state index contributed by atoms with van der Waals surface area (Å²) in [6.45, 7) is 1.85. The molecule has 0 spiro atoms. The smallest absolute Gasteiger partial charge is 0.194 e. The number of halogens is 1. The van der Waals surface area contributed by atoms with Crippen LogP contribution < -0.4 is 5.32 Å². The molecule has 3 aromatic carbocycles. The fourth-order valence-electron chi connectivity index (χ4n) is 2.69. The van der Waals surface area contributed by atoms with Crippen LogP contribution in [0.1, 0.15) is 27.0 Å². The summed E-state index contributed by atoms with van der Waals surface area (Å²) in [5, 5.41) is 13.0. The van der Waals surface area contributed by atoms with Crippen molar-refractivity contribution in [3.05, 3.63) is 94.0 Å². The van der Waals surface area contributed by atoms with Gasteiger partial charge < -0.3 is 10.4 Å². The van der Waals surface area contributed by atoms with Gasteiger partial charge in [0.25, 0.3) is 0 Å². The molecule has 0 radical (unpaired) electrons. The molecule has 3 rings (SSSR count). The Bertz CT molecular complexity index is 921. The first-order chi connectivity index (χ1) is 12.1. The maximum atomic E-state index is 12.7. The van der Waals surface area contributed by atoms with Crippen LogP contribution in [0.3, 0.4) is 0 Å². The number of nitrogens with one attached hydrogen (secondary N) is 1. The predicted molar refractivity (Wildman–Crippen MR) is 102 cm³/mol. The molecule has 0 saturated carbocycles. The third-order valence-corrected chi connectivity index (χ3v) is 4.38. The van der Waals surface area contributed by atoms with Gasteiger partial charge in [-0.1, -0.05) is 54.1 Å². The van der Waals surface area contributed by atoms with E-state index in [1.54, 1.807) is 18.2 Å². The summed E-state index contributed by atoms with van der Waals surface area (Å²) < 4.78 is 0. The molecule has 0 bridgehead atoms. The van der Waals surface area contributed by atoms with Gasteiger partial charge in [-0.2, -0.15) is 0 Å². The van der Waals surface area contributed by atoms with Crippen LogP contribution in [0.2, 0.25) is 5.02 Å². The Balaban J connectivity index is 1.89. The van der Waals surface area contributed by atoms with Gasteiger partial charge in [-0.05, 0) is 36.8 Å². The average molecular weight is 352 g/mol. The molecule has 4 heteroatoms. The van der Waals surface area contributed by atoms with Crippen LogP contribution in [-0.4, -0.2) is 10.9 Å². The summed E-state index contributed by atoms with van der Waals surface area (Å²) in [7, 11) is 0. The molecule has 0 aliphatic heterocycles. The Kier molecular flexibility index (Phi) is 5.17. The molecule has 0 fully saturated rings. The van der Waals surface area contributed by atoms with E-state index in [1.165, 1.54) is 0 Å². The van der Waals surface area contributed by atoms with Crippen LogP contribution in [0.25, 0.3) is 0 Å². The van der Waals surface area contributed by atoms with Gasteiger partial charge >= 0.3 is 0 Å². The van der Waals surface area contributed by atoms with Crippen LogP contribution in [0.5, 0.6) is 0 Å². The van der Waals surface area contributed by atoms with Crippen LogP contribution in [0.4, 0.5) is 11.4 Å². The van der Waals surface area contributed by atoms with Crippen molar-refractivity contribution in [2.24, 2.45) is 0 Å². The van der Waals surface area contributed by atoms with Crippen molar-refractivity contribution in [1.82, 2.24) is 0 Å². The van der Waals surface area contributed by atoms with Crippen LogP contribution in [-0.2, 0) is 6.61 Å². The van der Waals surface area contributed by atoms with Gasteiger partial charge in [-0.25, -0.2) is 0 Å². The number of aryl methyl sites for hydroxylation is 1. The van der Waals surface area contributed by atoms with Gasteiger partial charge in [-0.3, -0.25) is 4.79 Å². The van der Waals surface area contributed by atoms with Crippen molar-refractivity contribution < 1.29 is 9.90 Å². The zero-order chi connectivity index (χ0) is 17.8. The number of ketones is 1. The van der Waals surface area contributed by atoms with E-state index in [1.807, 2.05) is 55.5 Å². The lowest BCUT2D eigenvalue weighted by molar-refractivity contribution is 0.103. The Morgan fingerprint density at radius 3 is 2.44 bits per heavy atom. The number of hydrogen-bond acceptors (Lipinski definition) is 3. The summed E-state index contributed by atoms with van der Waals surface area (Å²) in [6, 6.07) is 20.2. The van der Waals surface area contributed by atoms with Crippen molar-refractivity contribution in [3.8, 4) is 0 Å². The number of anilines is 2. The van der Waals surface area contributed by atoms with E-state index in [4.69, 9.17) is 11.6 Å². The molecule has 126 valence electrons. The minimum atomic E-state index is -0.0922. The van der Waals surface area contributed by atoms with Crippen molar-refractivity contribution >= 4 is 28.8 Å². The van der Waals surface area contributed by atoms with Gasteiger partial charge in [0.2, 0.25) is 0 Å². The highest BCUT2D eigenvalue weighted by molar-refractivity contribution is 6.35. The first-order valence-corrected chi connectivity index (χ1v) is 8.33. The Morgan fingerprint density at radius 2 is 1.72 bits per heavy atom. The van der Waals surface area contributed by atoms with Crippen molar-refractivity contribution in [1.29, 1.82) is 0 Å². The topological polar surface area (TPSA) is 49.3 Å². The number of para-hydroxylation sites is 1. The van der Waals surface area contributed by atoms with Crippen molar-refractivity contribution in [2.45, 2.75) is 13.5 Å². The minimum absolute atomic E-state index is 0.0548. The standard InChI is InChI=1S/C21H18ClNO2/c1-14-6-2-4-8-17(14)21(25)18-11-10-16(12-19(18)22)23-20-9-5-3-7-15(20)13-24/h2-12,23-24H,13H2,1H3. The lowest BCUT2D eigenvalue weighted by Gasteiger charge is -2.12.